The molecule has 0 bridgehead atoms. The lowest BCUT2D eigenvalue weighted by molar-refractivity contribution is 0.362. The van der Waals surface area contributed by atoms with E-state index in [4.69, 9.17) is 4.74 Å². The molecular formula is C15H23NO. The van der Waals surface area contributed by atoms with Crippen LogP contribution in [0.25, 0.3) is 0 Å². The van der Waals surface area contributed by atoms with Crippen LogP contribution in [0.1, 0.15) is 32.3 Å². The summed E-state index contributed by atoms with van der Waals surface area (Å²) < 4.78 is 5.61. The van der Waals surface area contributed by atoms with Crippen molar-refractivity contribution < 1.29 is 4.74 Å². The first-order valence-corrected chi connectivity index (χ1v) is 6.32. The minimum atomic E-state index is 0.573. The first-order valence-electron chi connectivity index (χ1n) is 6.32. The van der Waals surface area contributed by atoms with Gasteiger partial charge < -0.3 is 10.1 Å². The normalized spacial score (nSPS) is 11.3. The van der Waals surface area contributed by atoms with Crippen LogP contribution >= 0.6 is 0 Å². The maximum Gasteiger partial charge on any atom is 0.119 e. The minimum absolute atomic E-state index is 0.573. The largest absolute Gasteiger partial charge is 0.490 e. The Bertz CT molecular complexity index is 327. The third-order valence-corrected chi connectivity index (χ3v) is 2.57. The zero-order chi connectivity index (χ0) is 12.5. The number of benzene rings is 1. The molecule has 0 unspecified atom stereocenters. The van der Waals surface area contributed by atoms with E-state index >= 15 is 0 Å². The van der Waals surface area contributed by atoms with Gasteiger partial charge in [0, 0.05) is 6.54 Å². The number of likely N-dealkylation sites (N-methyl/N-ethyl adjacent to an activating group) is 1. The molecule has 2 nitrogen and oxygen atoms in total. The number of hydrogen-bond donors (Lipinski definition) is 1. The molecule has 0 spiro atoms. The first-order chi connectivity index (χ1) is 8.24. The smallest absolute Gasteiger partial charge is 0.119 e. The van der Waals surface area contributed by atoms with Crippen molar-refractivity contribution in [3.63, 3.8) is 0 Å². The monoisotopic (exact) mass is 233 g/mol. The van der Waals surface area contributed by atoms with E-state index in [1.54, 1.807) is 0 Å². The highest BCUT2D eigenvalue weighted by molar-refractivity contribution is 5.28. The summed E-state index contributed by atoms with van der Waals surface area (Å²) >= 11 is 0. The summed E-state index contributed by atoms with van der Waals surface area (Å²) in [5.41, 5.74) is 1.35. The number of nitrogens with one attached hydrogen (secondary N) is 1. The van der Waals surface area contributed by atoms with Crippen LogP contribution in [0.15, 0.2) is 36.4 Å². The van der Waals surface area contributed by atoms with Gasteiger partial charge in [-0.2, -0.15) is 0 Å². The molecule has 1 N–H and O–H groups in total. The fourth-order valence-corrected chi connectivity index (χ4v) is 1.47. The van der Waals surface area contributed by atoms with Crippen molar-refractivity contribution in [2.45, 2.75) is 26.7 Å². The maximum absolute atomic E-state index is 5.61. The lowest BCUT2D eigenvalue weighted by Gasteiger charge is -2.07. The molecule has 0 aliphatic rings. The number of hydrogen-bond acceptors (Lipinski definition) is 2. The van der Waals surface area contributed by atoms with E-state index < -0.39 is 0 Å². The van der Waals surface area contributed by atoms with Gasteiger partial charge in [-0.25, -0.2) is 0 Å². The molecule has 0 aliphatic heterocycles. The van der Waals surface area contributed by atoms with Gasteiger partial charge in [-0.3, -0.25) is 0 Å². The molecule has 0 saturated heterocycles. The second-order valence-electron chi connectivity index (χ2n) is 4.31. The molecule has 1 rings (SSSR count). The quantitative estimate of drug-likeness (QED) is 0.576. The van der Waals surface area contributed by atoms with Crippen LogP contribution in [0.2, 0.25) is 0 Å². The third kappa shape index (κ3) is 5.55. The summed E-state index contributed by atoms with van der Waals surface area (Å²) in [7, 11) is 0. The van der Waals surface area contributed by atoms with Crippen molar-refractivity contribution in [1.82, 2.24) is 5.32 Å². The van der Waals surface area contributed by atoms with Gasteiger partial charge in [-0.1, -0.05) is 45.1 Å². The highest BCUT2D eigenvalue weighted by atomic mass is 16.5. The van der Waals surface area contributed by atoms with Gasteiger partial charge in [0.05, 0.1) is 0 Å². The first kappa shape index (κ1) is 13.8. The lowest BCUT2D eigenvalue weighted by atomic mass is 10.0. The molecule has 0 heterocycles. The van der Waals surface area contributed by atoms with Crippen LogP contribution in [0.5, 0.6) is 5.75 Å². The van der Waals surface area contributed by atoms with Gasteiger partial charge in [-0.05, 0) is 30.2 Å². The highest BCUT2D eigenvalue weighted by Gasteiger charge is 1.98. The third-order valence-electron chi connectivity index (χ3n) is 2.57. The van der Waals surface area contributed by atoms with Crippen molar-refractivity contribution in [2.75, 3.05) is 19.7 Å². The van der Waals surface area contributed by atoms with Crippen molar-refractivity contribution >= 4 is 0 Å². The van der Waals surface area contributed by atoms with Crippen LogP contribution in [0.4, 0.5) is 0 Å². The topological polar surface area (TPSA) is 21.3 Å². The van der Waals surface area contributed by atoms with Crippen molar-refractivity contribution in [2.24, 2.45) is 0 Å². The molecule has 0 radical (unpaired) electrons. The van der Waals surface area contributed by atoms with Gasteiger partial charge >= 0.3 is 0 Å². The van der Waals surface area contributed by atoms with Crippen LogP contribution in [-0.2, 0) is 0 Å². The maximum atomic E-state index is 5.61. The van der Waals surface area contributed by atoms with E-state index in [0.717, 1.165) is 18.8 Å². The van der Waals surface area contributed by atoms with E-state index in [1.807, 2.05) is 18.2 Å². The summed E-state index contributed by atoms with van der Waals surface area (Å²) in [6.45, 7) is 9.03. The predicted molar refractivity (Wildman–Crippen MR) is 73.7 cm³/mol. The van der Waals surface area contributed by atoms with Gasteiger partial charge in [-0.15, -0.1) is 0 Å². The Balaban J connectivity index is 2.30. The van der Waals surface area contributed by atoms with Crippen LogP contribution in [-0.4, -0.2) is 19.7 Å². The summed E-state index contributed by atoms with van der Waals surface area (Å²) in [5.74, 6) is 1.51. The SMILES string of the molecule is CCNC/C=C/COc1ccc(C(C)C)cc1. The minimum Gasteiger partial charge on any atom is -0.490 e. The summed E-state index contributed by atoms with van der Waals surface area (Å²) in [6, 6.07) is 8.33. The zero-order valence-corrected chi connectivity index (χ0v) is 11.1. The Hall–Kier alpha value is -1.28. The second-order valence-corrected chi connectivity index (χ2v) is 4.31. The Morgan fingerprint density at radius 1 is 1.18 bits per heavy atom. The molecule has 1 aromatic rings. The Kier molecular flexibility index (Phi) is 6.41. The summed E-state index contributed by atoms with van der Waals surface area (Å²) in [4.78, 5) is 0. The van der Waals surface area contributed by atoms with Crippen LogP contribution in [0, 0.1) is 0 Å². The molecule has 0 saturated carbocycles. The molecule has 0 aliphatic carbocycles. The van der Waals surface area contributed by atoms with Crippen molar-refractivity contribution in [1.29, 1.82) is 0 Å². The standard InChI is InChI=1S/C15H23NO/c1-4-16-11-5-6-12-17-15-9-7-14(8-10-15)13(2)3/h5-10,13,16H,4,11-12H2,1-3H3/b6-5+. The Morgan fingerprint density at radius 2 is 1.88 bits per heavy atom. The van der Waals surface area contributed by atoms with Gasteiger partial charge in [0.1, 0.15) is 12.4 Å². The highest BCUT2D eigenvalue weighted by Crippen LogP contribution is 2.18. The van der Waals surface area contributed by atoms with Crippen molar-refractivity contribution in [3.8, 4) is 5.75 Å². The van der Waals surface area contributed by atoms with Crippen LogP contribution in [0.3, 0.4) is 0 Å². The second kappa shape index (κ2) is 7.91. The fourth-order valence-electron chi connectivity index (χ4n) is 1.47. The molecule has 1 aromatic carbocycles. The Labute approximate surface area is 105 Å². The van der Waals surface area contributed by atoms with E-state index in [1.165, 1.54) is 5.56 Å². The molecule has 2 heteroatoms. The predicted octanol–water partition coefficient (Wildman–Crippen LogP) is 3.35. The molecule has 17 heavy (non-hydrogen) atoms. The average molecular weight is 233 g/mol. The van der Waals surface area contributed by atoms with Gasteiger partial charge in [0.25, 0.3) is 0 Å². The zero-order valence-electron chi connectivity index (χ0n) is 11.1. The van der Waals surface area contributed by atoms with Gasteiger partial charge in [0.2, 0.25) is 0 Å². The molecule has 94 valence electrons. The van der Waals surface area contributed by atoms with Gasteiger partial charge in [0.15, 0.2) is 0 Å². The molecule has 0 amide bonds. The Morgan fingerprint density at radius 3 is 2.47 bits per heavy atom. The van der Waals surface area contributed by atoms with Crippen molar-refractivity contribution in [3.05, 3.63) is 42.0 Å². The summed E-state index contributed by atoms with van der Waals surface area (Å²) in [6.07, 6.45) is 4.13. The van der Waals surface area contributed by atoms with E-state index in [0.29, 0.717) is 12.5 Å². The molecular weight excluding hydrogens is 210 g/mol. The number of rotatable bonds is 7. The van der Waals surface area contributed by atoms with Crippen LogP contribution < -0.4 is 10.1 Å². The van der Waals surface area contributed by atoms with E-state index in [9.17, 15) is 0 Å². The molecule has 0 atom stereocenters. The fraction of sp³-hybridized carbons (Fsp3) is 0.467. The lowest BCUT2D eigenvalue weighted by Crippen LogP contribution is -2.11. The van der Waals surface area contributed by atoms with E-state index in [2.05, 4.69) is 44.3 Å². The van der Waals surface area contributed by atoms with E-state index in [-0.39, 0.29) is 0 Å². The number of ether oxygens (including phenoxy) is 1. The molecule has 0 fully saturated rings. The average Bonchev–Trinajstić information content (AvgIpc) is 2.34. The molecule has 0 aromatic heterocycles. The summed E-state index contributed by atoms with van der Waals surface area (Å²) in [5, 5.41) is 3.22.